The lowest BCUT2D eigenvalue weighted by Gasteiger charge is -2.13. The van der Waals surface area contributed by atoms with Gasteiger partial charge in [-0.3, -0.25) is 9.89 Å². The summed E-state index contributed by atoms with van der Waals surface area (Å²) in [4.78, 5) is 12.2. The third kappa shape index (κ3) is 2.20. The summed E-state index contributed by atoms with van der Waals surface area (Å²) < 4.78 is 5.27. The number of aromatic amines is 1. The highest BCUT2D eigenvalue weighted by molar-refractivity contribution is 6.00. The van der Waals surface area contributed by atoms with E-state index in [0.717, 1.165) is 22.4 Å². The number of nitrogens with one attached hydrogen (secondary N) is 2. The topological polar surface area (TPSA) is 87.2 Å². The number of carbonyl (C=O) groups is 1. The Bertz CT molecular complexity index is 916. The summed E-state index contributed by atoms with van der Waals surface area (Å²) in [7, 11) is 1.61. The van der Waals surface area contributed by atoms with Crippen LogP contribution in [0, 0.1) is 0 Å². The van der Waals surface area contributed by atoms with Crippen molar-refractivity contribution in [2.45, 2.75) is 6.04 Å². The van der Waals surface area contributed by atoms with Gasteiger partial charge in [0.2, 0.25) is 0 Å². The van der Waals surface area contributed by atoms with Gasteiger partial charge in [-0.1, -0.05) is 24.3 Å². The Morgan fingerprint density at radius 2 is 1.96 bits per heavy atom. The lowest BCUT2D eigenvalue weighted by molar-refractivity contribution is 0.0955. The number of phenols is 1. The molecule has 1 aliphatic rings. The molecule has 2 aromatic carbocycles. The van der Waals surface area contributed by atoms with Crippen LogP contribution < -0.4 is 10.1 Å². The van der Waals surface area contributed by atoms with Crippen LogP contribution in [-0.2, 0) is 0 Å². The molecule has 0 saturated heterocycles. The zero-order valence-corrected chi connectivity index (χ0v) is 12.9. The summed E-state index contributed by atoms with van der Waals surface area (Å²) in [6.45, 7) is 0. The molecule has 6 nitrogen and oxygen atoms in total. The zero-order valence-electron chi connectivity index (χ0n) is 12.9. The summed E-state index contributed by atoms with van der Waals surface area (Å²) in [5, 5.41) is 19.6. The Kier molecular flexibility index (Phi) is 3.23. The van der Waals surface area contributed by atoms with Crippen LogP contribution >= 0.6 is 0 Å². The summed E-state index contributed by atoms with van der Waals surface area (Å²) in [5.41, 5.74) is 3.72. The number of nitrogens with zero attached hydrogens (tertiary/aromatic N) is 1. The molecule has 24 heavy (non-hydrogen) atoms. The Hall–Kier alpha value is -3.28. The van der Waals surface area contributed by atoms with Crippen molar-refractivity contribution in [3.63, 3.8) is 0 Å². The SMILES string of the molecule is COc1cccc(-c2n[nH]c3c2[C@H](c2ccc(O)cc2)NC3=O)c1. The average Bonchev–Trinajstić information content (AvgIpc) is 3.17. The first kappa shape index (κ1) is 14.3. The minimum absolute atomic E-state index is 0.184. The number of phenolic OH excluding ortho intramolecular Hbond substituents is 1. The molecular weight excluding hydrogens is 306 g/mol. The highest BCUT2D eigenvalue weighted by Crippen LogP contribution is 2.37. The zero-order chi connectivity index (χ0) is 16.7. The van der Waals surface area contributed by atoms with Crippen LogP contribution in [0.3, 0.4) is 0 Å². The Labute approximate surface area is 138 Å². The predicted octanol–water partition coefficient (Wildman–Crippen LogP) is 2.62. The molecule has 0 fully saturated rings. The van der Waals surface area contributed by atoms with E-state index in [0.29, 0.717) is 11.4 Å². The smallest absolute Gasteiger partial charge is 0.270 e. The number of aromatic hydroxyl groups is 1. The predicted molar refractivity (Wildman–Crippen MR) is 88.0 cm³/mol. The average molecular weight is 321 g/mol. The number of hydrogen-bond donors (Lipinski definition) is 3. The number of benzene rings is 2. The maximum Gasteiger partial charge on any atom is 0.270 e. The van der Waals surface area contributed by atoms with Gasteiger partial charge in [0.05, 0.1) is 18.8 Å². The number of fused-ring (bicyclic) bond motifs is 1. The number of hydrogen-bond acceptors (Lipinski definition) is 4. The van der Waals surface area contributed by atoms with Gasteiger partial charge in [0.1, 0.15) is 17.2 Å². The molecule has 0 radical (unpaired) electrons. The van der Waals surface area contributed by atoms with Gasteiger partial charge in [-0.2, -0.15) is 5.10 Å². The van der Waals surface area contributed by atoms with Gasteiger partial charge in [-0.25, -0.2) is 0 Å². The Morgan fingerprint density at radius 3 is 2.71 bits per heavy atom. The molecule has 3 N–H and O–H groups in total. The molecule has 0 unspecified atom stereocenters. The third-order valence-corrected chi connectivity index (χ3v) is 4.16. The van der Waals surface area contributed by atoms with E-state index < -0.39 is 0 Å². The quantitative estimate of drug-likeness (QED) is 0.692. The maximum atomic E-state index is 12.2. The first-order valence-corrected chi connectivity index (χ1v) is 7.50. The molecular formula is C18H15N3O3. The Morgan fingerprint density at radius 1 is 1.17 bits per heavy atom. The Balaban J connectivity index is 1.84. The molecule has 1 aromatic heterocycles. The fourth-order valence-electron chi connectivity index (χ4n) is 2.99. The molecule has 0 spiro atoms. The normalized spacial score (nSPS) is 15.9. The van der Waals surface area contributed by atoms with Crippen molar-refractivity contribution >= 4 is 5.91 Å². The van der Waals surface area contributed by atoms with Crippen molar-refractivity contribution in [2.75, 3.05) is 7.11 Å². The highest BCUT2D eigenvalue weighted by atomic mass is 16.5. The number of H-pyrrole nitrogens is 1. The van der Waals surface area contributed by atoms with Crippen LogP contribution in [0.5, 0.6) is 11.5 Å². The van der Waals surface area contributed by atoms with E-state index >= 15 is 0 Å². The molecule has 120 valence electrons. The van der Waals surface area contributed by atoms with Crippen LogP contribution in [0.25, 0.3) is 11.3 Å². The summed E-state index contributed by atoms with van der Waals surface area (Å²) >= 11 is 0. The van der Waals surface area contributed by atoms with Gasteiger partial charge in [0.15, 0.2) is 0 Å². The molecule has 3 aromatic rings. The maximum absolute atomic E-state index is 12.2. The second kappa shape index (κ2) is 5.42. The van der Waals surface area contributed by atoms with Gasteiger partial charge in [-0.05, 0) is 29.8 Å². The van der Waals surface area contributed by atoms with Gasteiger partial charge < -0.3 is 15.2 Å². The molecule has 0 aliphatic carbocycles. The van der Waals surface area contributed by atoms with Crippen LogP contribution in [0.15, 0.2) is 48.5 Å². The second-order valence-electron chi connectivity index (χ2n) is 5.59. The summed E-state index contributed by atoms with van der Waals surface area (Å²) in [5.74, 6) is 0.718. The molecule has 1 amide bonds. The summed E-state index contributed by atoms with van der Waals surface area (Å²) in [6.07, 6.45) is 0. The van der Waals surface area contributed by atoms with Gasteiger partial charge in [0, 0.05) is 11.1 Å². The minimum atomic E-state index is -0.312. The molecule has 4 rings (SSSR count). The van der Waals surface area contributed by atoms with Crippen molar-refractivity contribution < 1.29 is 14.6 Å². The van der Waals surface area contributed by atoms with Crippen molar-refractivity contribution in [3.05, 3.63) is 65.4 Å². The monoisotopic (exact) mass is 321 g/mol. The molecule has 0 saturated carbocycles. The molecule has 6 heteroatoms. The van der Waals surface area contributed by atoms with E-state index in [-0.39, 0.29) is 17.7 Å². The fraction of sp³-hybridized carbons (Fsp3) is 0.111. The van der Waals surface area contributed by atoms with Crippen molar-refractivity contribution in [2.24, 2.45) is 0 Å². The van der Waals surface area contributed by atoms with E-state index in [1.807, 2.05) is 24.3 Å². The van der Waals surface area contributed by atoms with Crippen LogP contribution in [0.1, 0.15) is 27.7 Å². The lowest BCUT2D eigenvalue weighted by atomic mass is 9.96. The molecule has 1 aliphatic heterocycles. The molecule has 1 atom stereocenters. The van der Waals surface area contributed by atoms with Crippen LogP contribution in [0.4, 0.5) is 0 Å². The first-order chi connectivity index (χ1) is 11.7. The van der Waals surface area contributed by atoms with Crippen molar-refractivity contribution in [1.29, 1.82) is 0 Å². The van der Waals surface area contributed by atoms with Crippen LogP contribution in [-0.4, -0.2) is 28.3 Å². The lowest BCUT2D eigenvalue weighted by Crippen LogP contribution is -2.21. The molecule has 2 heterocycles. The van der Waals surface area contributed by atoms with E-state index in [1.54, 1.807) is 31.4 Å². The number of amides is 1. The summed E-state index contributed by atoms with van der Waals surface area (Å²) in [6, 6.07) is 14.0. The number of ether oxygens (including phenoxy) is 1. The standard InChI is InChI=1S/C18H15N3O3/c1-24-13-4-2-3-11(9-13)16-14-15(10-5-7-12(22)8-6-10)19-18(23)17(14)21-20-16/h2-9,15,22H,1H3,(H,19,23)(H,20,21)/t15-/m0/s1. The van der Waals surface area contributed by atoms with Gasteiger partial charge >= 0.3 is 0 Å². The number of methoxy groups -OCH3 is 1. The van der Waals surface area contributed by atoms with E-state index in [1.165, 1.54) is 0 Å². The number of rotatable bonds is 3. The minimum Gasteiger partial charge on any atom is -0.508 e. The van der Waals surface area contributed by atoms with Gasteiger partial charge in [-0.15, -0.1) is 0 Å². The number of carbonyl (C=O) groups excluding carboxylic acids is 1. The van der Waals surface area contributed by atoms with E-state index in [2.05, 4.69) is 15.5 Å². The number of aromatic nitrogens is 2. The largest absolute Gasteiger partial charge is 0.508 e. The molecule has 0 bridgehead atoms. The second-order valence-corrected chi connectivity index (χ2v) is 5.59. The van der Waals surface area contributed by atoms with Crippen molar-refractivity contribution in [1.82, 2.24) is 15.5 Å². The first-order valence-electron chi connectivity index (χ1n) is 7.50. The van der Waals surface area contributed by atoms with E-state index in [4.69, 9.17) is 4.74 Å². The van der Waals surface area contributed by atoms with Gasteiger partial charge in [0.25, 0.3) is 5.91 Å². The fourth-order valence-corrected chi connectivity index (χ4v) is 2.99. The van der Waals surface area contributed by atoms with Crippen LogP contribution in [0.2, 0.25) is 0 Å². The third-order valence-electron chi connectivity index (χ3n) is 4.16. The van der Waals surface area contributed by atoms with E-state index in [9.17, 15) is 9.90 Å². The van der Waals surface area contributed by atoms with Crippen molar-refractivity contribution in [3.8, 4) is 22.8 Å². The highest BCUT2D eigenvalue weighted by Gasteiger charge is 2.35.